The van der Waals surface area contributed by atoms with E-state index in [1.54, 1.807) is 0 Å². The van der Waals surface area contributed by atoms with Crippen LogP contribution in [-0.4, -0.2) is 36.3 Å². The van der Waals surface area contributed by atoms with Crippen LogP contribution in [0.3, 0.4) is 0 Å². The second-order valence-corrected chi connectivity index (χ2v) is 3.25. The summed E-state index contributed by atoms with van der Waals surface area (Å²) in [6.07, 6.45) is 1.50. The number of nitrogens with one attached hydrogen (secondary N) is 2. The third kappa shape index (κ3) is 3.78. The molecule has 0 aromatic carbocycles. The molecular formula is C10H17N5O2. The third-order valence-corrected chi connectivity index (χ3v) is 2.17. The Bertz CT molecular complexity index is 383. The fraction of sp³-hybridized carbons (Fsp3) is 0.500. The zero-order chi connectivity index (χ0) is 12.7. The number of nitrogens with zero attached hydrogens (tertiary/aromatic N) is 2. The zero-order valence-electron chi connectivity index (χ0n) is 9.99. The maximum atomic E-state index is 10.4. The second kappa shape index (κ2) is 6.51. The Labute approximate surface area is 99.8 Å². The first-order valence-electron chi connectivity index (χ1n) is 5.36. The van der Waals surface area contributed by atoms with Crippen molar-refractivity contribution in [3.8, 4) is 0 Å². The fourth-order valence-corrected chi connectivity index (χ4v) is 1.44. The molecule has 0 radical (unpaired) electrons. The number of anilines is 2. The van der Waals surface area contributed by atoms with E-state index in [2.05, 4.69) is 25.3 Å². The molecule has 1 heterocycles. The number of nitrogens with two attached hydrogens (primary N) is 1. The molecule has 0 unspecified atom stereocenters. The van der Waals surface area contributed by atoms with Crippen LogP contribution in [0.25, 0.3) is 0 Å². The topological polar surface area (TPSA) is 102 Å². The number of carbonyl (C=O) groups excluding carboxylic acids is 1. The summed E-state index contributed by atoms with van der Waals surface area (Å²) in [5, 5.41) is 6.07. The molecule has 0 aliphatic heterocycles. The summed E-state index contributed by atoms with van der Waals surface area (Å²) in [5.74, 6) is 1.53. The molecule has 0 saturated carbocycles. The molecule has 0 aliphatic rings. The molecule has 0 saturated heterocycles. The largest absolute Gasteiger partial charge is 0.448 e. The van der Waals surface area contributed by atoms with Crippen molar-refractivity contribution in [2.45, 2.75) is 13.3 Å². The zero-order valence-corrected chi connectivity index (χ0v) is 9.99. The van der Waals surface area contributed by atoms with Crippen molar-refractivity contribution < 1.29 is 9.53 Å². The number of amides is 1. The first kappa shape index (κ1) is 13.0. The highest BCUT2D eigenvalue weighted by Crippen LogP contribution is 2.19. The standard InChI is InChI=1S/C10H17N5O2/c1-3-7-8(12-2)14-6-15-9(7)13-4-5-17-10(11)16/h6H,3-5H2,1-2H3,(H2,11,16)(H2,12,13,14,15). The number of aromatic nitrogens is 2. The molecule has 0 atom stereocenters. The van der Waals surface area contributed by atoms with Crippen LogP contribution in [0.15, 0.2) is 6.33 Å². The van der Waals surface area contributed by atoms with Crippen LogP contribution in [0, 0.1) is 0 Å². The minimum Gasteiger partial charge on any atom is -0.448 e. The van der Waals surface area contributed by atoms with Gasteiger partial charge in [0.05, 0.1) is 6.54 Å². The highest BCUT2D eigenvalue weighted by Gasteiger charge is 2.07. The Kier molecular flexibility index (Phi) is 4.99. The van der Waals surface area contributed by atoms with E-state index in [0.29, 0.717) is 6.54 Å². The molecular weight excluding hydrogens is 222 g/mol. The van der Waals surface area contributed by atoms with E-state index in [-0.39, 0.29) is 6.61 Å². The Morgan fingerprint density at radius 2 is 2.18 bits per heavy atom. The van der Waals surface area contributed by atoms with E-state index in [0.717, 1.165) is 23.6 Å². The van der Waals surface area contributed by atoms with Crippen LogP contribution in [0.2, 0.25) is 0 Å². The van der Waals surface area contributed by atoms with E-state index in [1.165, 1.54) is 6.33 Å². The van der Waals surface area contributed by atoms with E-state index < -0.39 is 6.09 Å². The van der Waals surface area contributed by atoms with Crippen molar-refractivity contribution in [2.75, 3.05) is 30.8 Å². The summed E-state index contributed by atoms with van der Waals surface area (Å²) < 4.78 is 4.61. The van der Waals surface area contributed by atoms with Gasteiger partial charge in [0.25, 0.3) is 0 Å². The molecule has 17 heavy (non-hydrogen) atoms. The maximum Gasteiger partial charge on any atom is 0.404 e. The van der Waals surface area contributed by atoms with Crippen molar-refractivity contribution in [3.05, 3.63) is 11.9 Å². The number of rotatable bonds is 6. The average Bonchev–Trinajstić information content (AvgIpc) is 2.33. The molecule has 0 spiro atoms. The van der Waals surface area contributed by atoms with Gasteiger partial charge in [0.1, 0.15) is 24.6 Å². The lowest BCUT2D eigenvalue weighted by atomic mass is 10.2. The second-order valence-electron chi connectivity index (χ2n) is 3.25. The van der Waals surface area contributed by atoms with E-state index in [9.17, 15) is 4.79 Å². The lowest BCUT2D eigenvalue weighted by molar-refractivity contribution is 0.161. The van der Waals surface area contributed by atoms with Crippen LogP contribution >= 0.6 is 0 Å². The lowest BCUT2D eigenvalue weighted by Gasteiger charge is -2.12. The van der Waals surface area contributed by atoms with Crippen LogP contribution in [0.4, 0.5) is 16.4 Å². The Balaban J connectivity index is 2.60. The highest BCUT2D eigenvalue weighted by atomic mass is 16.5. The van der Waals surface area contributed by atoms with Crippen molar-refractivity contribution in [1.29, 1.82) is 0 Å². The van der Waals surface area contributed by atoms with E-state index in [1.807, 2.05) is 14.0 Å². The predicted octanol–water partition coefficient (Wildman–Crippen LogP) is 0.588. The number of carbonyl (C=O) groups is 1. The smallest absolute Gasteiger partial charge is 0.404 e. The van der Waals surface area contributed by atoms with Crippen molar-refractivity contribution in [2.24, 2.45) is 5.73 Å². The van der Waals surface area contributed by atoms with Gasteiger partial charge in [-0.25, -0.2) is 14.8 Å². The Hall–Kier alpha value is -2.05. The van der Waals surface area contributed by atoms with E-state index >= 15 is 0 Å². The normalized spacial score (nSPS) is 9.76. The van der Waals surface area contributed by atoms with Gasteiger partial charge < -0.3 is 21.1 Å². The molecule has 0 fully saturated rings. The molecule has 1 rings (SSSR count). The van der Waals surface area contributed by atoms with Crippen LogP contribution in [-0.2, 0) is 11.2 Å². The molecule has 4 N–H and O–H groups in total. The van der Waals surface area contributed by atoms with E-state index in [4.69, 9.17) is 5.73 Å². The fourth-order valence-electron chi connectivity index (χ4n) is 1.44. The summed E-state index contributed by atoms with van der Waals surface area (Å²) in [4.78, 5) is 18.6. The van der Waals surface area contributed by atoms with Crippen LogP contribution < -0.4 is 16.4 Å². The van der Waals surface area contributed by atoms with Crippen molar-refractivity contribution >= 4 is 17.7 Å². The number of primary amides is 1. The number of hydrogen-bond acceptors (Lipinski definition) is 6. The van der Waals surface area contributed by atoms with Gasteiger partial charge in [0.2, 0.25) is 0 Å². The maximum absolute atomic E-state index is 10.4. The van der Waals surface area contributed by atoms with Crippen LogP contribution in [0.1, 0.15) is 12.5 Å². The first-order valence-corrected chi connectivity index (χ1v) is 5.36. The molecule has 7 nitrogen and oxygen atoms in total. The van der Waals surface area contributed by atoms with Gasteiger partial charge in [-0.2, -0.15) is 0 Å². The molecule has 7 heteroatoms. The van der Waals surface area contributed by atoms with Gasteiger partial charge in [-0.1, -0.05) is 6.92 Å². The molecule has 1 aromatic heterocycles. The van der Waals surface area contributed by atoms with Gasteiger partial charge in [0.15, 0.2) is 0 Å². The minimum atomic E-state index is -0.777. The van der Waals surface area contributed by atoms with Crippen molar-refractivity contribution in [1.82, 2.24) is 9.97 Å². The van der Waals surface area contributed by atoms with Gasteiger partial charge >= 0.3 is 6.09 Å². The number of ether oxygens (including phenoxy) is 1. The summed E-state index contributed by atoms with van der Waals surface area (Å²) in [6.45, 7) is 2.68. The SMILES string of the molecule is CCc1c(NC)ncnc1NCCOC(N)=O. The van der Waals surface area contributed by atoms with Gasteiger partial charge in [0, 0.05) is 12.6 Å². The summed E-state index contributed by atoms with van der Waals surface area (Å²) in [6, 6.07) is 0. The summed E-state index contributed by atoms with van der Waals surface area (Å²) >= 11 is 0. The quantitative estimate of drug-likeness (QED) is 0.628. The Morgan fingerprint density at radius 3 is 2.76 bits per heavy atom. The summed E-state index contributed by atoms with van der Waals surface area (Å²) in [5.41, 5.74) is 5.84. The third-order valence-electron chi connectivity index (χ3n) is 2.17. The molecule has 0 bridgehead atoms. The van der Waals surface area contributed by atoms with Crippen molar-refractivity contribution in [3.63, 3.8) is 0 Å². The number of hydrogen-bond donors (Lipinski definition) is 3. The molecule has 94 valence electrons. The molecule has 1 aromatic rings. The van der Waals surface area contributed by atoms with Gasteiger partial charge in [-0.3, -0.25) is 0 Å². The molecule has 0 aliphatic carbocycles. The average molecular weight is 239 g/mol. The van der Waals surface area contributed by atoms with Gasteiger partial charge in [-0.05, 0) is 6.42 Å². The minimum absolute atomic E-state index is 0.206. The Morgan fingerprint density at radius 1 is 1.47 bits per heavy atom. The van der Waals surface area contributed by atoms with Gasteiger partial charge in [-0.15, -0.1) is 0 Å². The lowest BCUT2D eigenvalue weighted by Crippen LogP contribution is -2.19. The highest BCUT2D eigenvalue weighted by molar-refractivity contribution is 5.64. The molecule has 1 amide bonds. The predicted molar refractivity (Wildman–Crippen MR) is 65.0 cm³/mol. The van der Waals surface area contributed by atoms with Crippen LogP contribution in [0.5, 0.6) is 0 Å². The monoisotopic (exact) mass is 239 g/mol. The first-order chi connectivity index (χ1) is 8.19. The summed E-state index contributed by atoms with van der Waals surface area (Å²) in [7, 11) is 1.81.